The van der Waals surface area contributed by atoms with Gasteiger partial charge in [0, 0.05) is 37.5 Å². The SMILES string of the molecule is CCCCCCCCOc1ccc(-c2ccc(OC(=O)c3ccc(C[n+]4ccc(N(C)C)cc4)cc3)cc2)cc1. The Morgan fingerprint density at radius 1 is 0.700 bits per heavy atom. The van der Waals surface area contributed by atoms with E-state index in [0.29, 0.717) is 11.3 Å². The number of esters is 1. The molecule has 0 aliphatic carbocycles. The molecule has 4 rings (SSSR count). The van der Waals surface area contributed by atoms with Crippen LogP contribution in [0.25, 0.3) is 11.1 Å². The predicted octanol–water partition coefficient (Wildman–Crippen LogP) is 7.71. The highest BCUT2D eigenvalue weighted by Crippen LogP contribution is 2.25. The molecule has 0 radical (unpaired) electrons. The summed E-state index contributed by atoms with van der Waals surface area (Å²) in [5.74, 6) is 1.05. The molecule has 0 unspecified atom stereocenters. The number of ether oxygens (including phenoxy) is 2. The minimum atomic E-state index is -0.367. The molecule has 0 amide bonds. The third kappa shape index (κ3) is 8.70. The van der Waals surface area contributed by atoms with Crippen LogP contribution in [0.3, 0.4) is 0 Å². The second-order valence-electron chi connectivity index (χ2n) is 10.4. The Morgan fingerprint density at radius 2 is 1.27 bits per heavy atom. The Hall–Kier alpha value is -4.12. The van der Waals surface area contributed by atoms with Gasteiger partial charge in [-0.05, 0) is 53.9 Å². The van der Waals surface area contributed by atoms with E-state index in [1.165, 1.54) is 32.1 Å². The first-order chi connectivity index (χ1) is 19.5. The van der Waals surface area contributed by atoms with Gasteiger partial charge in [-0.3, -0.25) is 0 Å². The Kier molecular flexibility index (Phi) is 10.7. The standard InChI is InChI=1S/C35H41N2O3/c1-4-5-6-7-8-9-26-39-33-18-14-29(15-19-33)30-16-20-34(21-17-30)40-35(38)31-12-10-28(11-13-31)27-37-24-22-32(23-25-37)36(2)3/h10-25H,4-9,26-27H2,1-3H3/q+1. The van der Waals surface area contributed by atoms with Crippen molar-refractivity contribution in [3.8, 4) is 22.6 Å². The number of hydrogen-bond acceptors (Lipinski definition) is 4. The molecule has 1 heterocycles. The molecule has 0 saturated heterocycles. The van der Waals surface area contributed by atoms with Crippen LogP contribution < -0.4 is 18.9 Å². The minimum absolute atomic E-state index is 0.367. The summed E-state index contributed by atoms with van der Waals surface area (Å²) in [6, 6.07) is 27.5. The summed E-state index contributed by atoms with van der Waals surface area (Å²) in [7, 11) is 4.05. The van der Waals surface area contributed by atoms with Crippen molar-refractivity contribution in [3.63, 3.8) is 0 Å². The zero-order chi connectivity index (χ0) is 28.2. The van der Waals surface area contributed by atoms with Crippen molar-refractivity contribution < 1.29 is 18.8 Å². The molecule has 4 aromatic rings. The van der Waals surface area contributed by atoms with Crippen LogP contribution >= 0.6 is 0 Å². The first kappa shape index (κ1) is 28.9. The minimum Gasteiger partial charge on any atom is -0.494 e. The molecule has 0 spiro atoms. The summed E-state index contributed by atoms with van der Waals surface area (Å²) in [4.78, 5) is 14.8. The lowest BCUT2D eigenvalue weighted by Gasteiger charge is -2.10. The van der Waals surface area contributed by atoms with Gasteiger partial charge in [-0.2, -0.15) is 0 Å². The number of aromatic nitrogens is 1. The molecule has 40 heavy (non-hydrogen) atoms. The van der Waals surface area contributed by atoms with Crippen molar-refractivity contribution in [2.75, 3.05) is 25.6 Å². The Morgan fingerprint density at radius 3 is 1.88 bits per heavy atom. The Labute approximate surface area is 239 Å². The monoisotopic (exact) mass is 537 g/mol. The van der Waals surface area contributed by atoms with Gasteiger partial charge < -0.3 is 14.4 Å². The van der Waals surface area contributed by atoms with Gasteiger partial charge in [-0.1, -0.05) is 75.4 Å². The predicted molar refractivity (Wildman–Crippen MR) is 162 cm³/mol. The fourth-order valence-corrected chi connectivity index (χ4v) is 4.51. The van der Waals surface area contributed by atoms with Gasteiger partial charge in [0.05, 0.1) is 12.2 Å². The van der Waals surface area contributed by atoms with Gasteiger partial charge in [0.1, 0.15) is 11.5 Å². The molecule has 0 saturated carbocycles. The molecule has 5 heteroatoms. The van der Waals surface area contributed by atoms with Gasteiger partial charge in [-0.15, -0.1) is 0 Å². The number of carbonyl (C=O) groups excluding carboxylic acids is 1. The molecular weight excluding hydrogens is 496 g/mol. The zero-order valence-electron chi connectivity index (χ0n) is 24.0. The lowest BCUT2D eigenvalue weighted by Crippen LogP contribution is -2.33. The average molecular weight is 538 g/mol. The molecule has 0 fully saturated rings. The van der Waals surface area contributed by atoms with E-state index < -0.39 is 0 Å². The van der Waals surface area contributed by atoms with Crippen LogP contribution in [0, 0.1) is 0 Å². The van der Waals surface area contributed by atoms with E-state index in [0.717, 1.165) is 47.7 Å². The number of rotatable bonds is 14. The number of benzene rings is 3. The summed E-state index contributed by atoms with van der Waals surface area (Å²) < 4.78 is 13.6. The fourth-order valence-electron chi connectivity index (χ4n) is 4.51. The first-order valence-electron chi connectivity index (χ1n) is 14.3. The molecule has 0 aliphatic heterocycles. The maximum atomic E-state index is 12.7. The van der Waals surface area contributed by atoms with Gasteiger partial charge >= 0.3 is 5.97 Å². The second-order valence-corrected chi connectivity index (χ2v) is 10.4. The van der Waals surface area contributed by atoms with Crippen molar-refractivity contribution in [1.29, 1.82) is 0 Å². The second kappa shape index (κ2) is 14.9. The molecule has 1 aromatic heterocycles. The van der Waals surface area contributed by atoms with Crippen LogP contribution in [0.5, 0.6) is 11.5 Å². The molecule has 0 aliphatic rings. The lowest BCUT2D eigenvalue weighted by molar-refractivity contribution is -0.688. The molecule has 5 nitrogen and oxygen atoms in total. The summed E-state index contributed by atoms with van der Waals surface area (Å²) in [6.07, 6.45) is 11.7. The third-order valence-corrected chi connectivity index (χ3v) is 6.96. The van der Waals surface area contributed by atoms with Crippen LogP contribution in [0.4, 0.5) is 5.69 Å². The van der Waals surface area contributed by atoms with Crippen molar-refractivity contribution >= 4 is 11.7 Å². The van der Waals surface area contributed by atoms with E-state index in [1.54, 1.807) is 0 Å². The van der Waals surface area contributed by atoms with E-state index in [2.05, 4.69) is 53.0 Å². The highest BCUT2D eigenvalue weighted by atomic mass is 16.5. The molecule has 0 N–H and O–H groups in total. The summed E-state index contributed by atoms with van der Waals surface area (Å²) in [5, 5.41) is 0. The number of anilines is 1. The molecule has 0 bridgehead atoms. The van der Waals surface area contributed by atoms with E-state index in [4.69, 9.17) is 9.47 Å². The van der Waals surface area contributed by atoms with Crippen molar-refractivity contribution in [1.82, 2.24) is 0 Å². The van der Waals surface area contributed by atoms with Gasteiger partial charge in [-0.25, -0.2) is 9.36 Å². The third-order valence-electron chi connectivity index (χ3n) is 6.96. The number of hydrogen-bond donors (Lipinski definition) is 0. The van der Waals surface area contributed by atoms with Crippen LogP contribution in [0.1, 0.15) is 61.4 Å². The zero-order valence-corrected chi connectivity index (χ0v) is 24.0. The maximum absolute atomic E-state index is 12.7. The largest absolute Gasteiger partial charge is 0.494 e. The Bertz CT molecular complexity index is 1310. The topological polar surface area (TPSA) is 42.7 Å². The number of nitrogens with zero attached hydrogens (tertiary/aromatic N) is 2. The summed E-state index contributed by atoms with van der Waals surface area (Å²) >= 11 is 0. The van der Waals surface area contributed by atoms with Crippen LogP contribution in [-0.4, -0.2) is 26.7 Å². The van der Waals surface area contributed by atoms with Crippen LogP contribution in [0.15, 0.2) is 97.3 Å². The molecule has 3 aromatic carbocycles. The fraction of sp³-hybridized carbons (Fsp3) is 0.314. The molecular formula is C35H41N2O3+. The van der Waals surface area contributed by atoms with Gasteiger partial charge in [0.25, 0.3) is 0 Å². The van der Waals surface area contributed by atoms with E-state index >= 15 is 0 Å². The number of pyridine rings is 1. The Balaban J connectivity index is 1.25. The lowest BCUT2D eigenvalue weighted by atomic mass is 10.1. The smallest absolute Gasteiger partial charge is 0.343 e. The van der Waals surface area contributed by atoms with Crippen LogP contribution in [-0.2, 0) is 6.54 Å². The number of unbranched alkanes of at least 4 members (excludes halogenated alkanes) is 5. The molecule has 208 valence electrons. The summed E-state index contributed by atoms with van der Waals surface area (Å²) in [5.41, 5.74) is 4.95. The first-order valence-corrected chi connectivity index (χ1v) is 14.3. The van der Waals surface area contributed by atoms with Gasteiger partial charge in [0.2, 0.25) is 0 Å². The van der Waals surface area contributed by atoms with E-state index in [9.17, 15) is 4.79 Å². The molecule has 0 atom stereocenters. The number of carbonyl (C=O) groups is 1. The van der Waals surface area contributed by atoms with Crippen molar-refractivity contribution in [2.45, 2.75) is 52.0 Å². The average Bonchev–Trinajstić information content (AvgIpc) is 2.98. The highest BCUT2D eigenvalue weighted by Gasteiger charge is 2.11. The van der Waals surface area contributed by atoms with E-state index in [1.807, 2.05) is 74.8 Å². The summed E-state index contributed by atoms with van der Waals surface area (Å²) in [6.45, 7) is 3.73. The normalized spacial score (nSPS) is 10.8. The van der Waals surface area contributed by atoms with Crippen molar-refractivity contribution in [3.05, 3.63) is 108 Å². The van der Waals surface area contributed by atoms with E-state index in [-0.39, 0.29) is 5.97 Å². The highest BCUT2D eigenvalue weighted by molar-refractivity contribution is 5.91. The van der Waals surface area contributed by atoms with Crippen molar-refractivity contribution in [2.24, 2.45) is 0 Å². The quantitative estimate of drug-likeness (QED) is 0.0715. The maximum Gasteiger partial charge on any atom is 0.343 e. The van der Waals surface area contributed by atoms with Gasteiger partial charge in [0.15, 0.2) is 18.9 Å². The van der Waals surface area contributed by atoms with Crippen LogP contribution in [0.2, 0.25) is 0 Å².